The first-order valence-electron chi connectivity index (χ1n) is 6.55. The van der Waals surface area contributed by atoms with Crippen LogP contribution < -0.4 is 0 Å². The maximum absolute atomic E-state index is 10.2. The topological polar surface area (TPSA) is 38.0 Å². The molecule has 0 fully saturated rings. The Morgan fingerprint density at radius 3 is 2.65 bits per heavy atom. The first-order chi connectivity index (χ1) is 9.72. The number of fused-ring (bicyclic) bond motifs is 1. The molecule has 0 saturated carbocycles. The van der Waals surface area contributed by atoms with E-state index >= 15 is 0 Å². The Morgan fingerprint density at radius 1 is 1.10 bits per heavy atom. The van der Waals surface area contributed by atoms with Gasteiger partial charge >= 0.3 is 0 Å². The van der Waals surface area contributed by atoms with Crippen molar-refractivity contribution in [3.05, 3.63) is 65.4 Å². The number of nitrogens with zero attached hydrogens (tertiary/aromatic N) is 2. The predicted molar refractivity (Wildman–Crippen MR) is 80.9 cm³/mol. The lowest BCUT2D eigenvalue weighted by atomic mass is 10.1. The second kappa shape index (κ2) is 5.65. The Bertz CT molecular complexity index is 706. The van der Waals surface area contributed by atoms with Crippen molar-refractivity contribution in [1.29, 1.82) is 0 Å². The first kappa shape index (κ1) is 13.2. The van der Waals surface area contributed by atoms with Crippen molar-refractivity contribution in [2.45, 2.75) is 19.1 Å². The fourth-order valence-electron chi connectivity index (χ4n) is 2.34. The minimum Gasteiger partial charge on any atom is -0.391 e. The average Bonchev–Trinajstić information content (AvgIpc) is 2.85. The lowest BCUT2D eigenvalue weighted by Crippen LogP contribution is -2.18. The van der Waals surface area contributed by atoms with E-state index in [1.54, 1.807) is 6.33 Å². The van der Waals surface area contributed by atoms with Crippen LogP contribution >= 0.6 is 11.6 Å². The van der Waals surface area contributed by atoms with Gasteiger partial charge in [-0.15, -0.1) is 0 Å². The zero-order valence-electron chi connectivity index (χ0n) is 10.9. The maximum atomic E-state index is 10.2. The zero-order valence-corrected chi connectivity index (χ0v) is 11.7. The van der Waals surface area contributed by atoms with Gasteiger partial charge in [0.05, 0.1) is 30.0 Å². The van der Waals surface area contributed by atoms with Gasteiger partial charge in [0.25, 0.3) is 0 Å². The highest BCUT2D eigenvalue weighted by Crippen LogP contribution is 2.15. The van der Waals surface area contributed by atoms with Crippen molar-refractivity contribution in [3.8, 4) is 0 Å². The minimum absolute atomic E-state index is 0.450. The van der Waals surface area contributed by atoms with E-state index in [0.29, 0.717) is 18.0 Å². The Morgan fingerprint density at radius 2 is 1.85 bits per heavy atom. The van der Waals surface area contributed by atoms with Crippen LogP contribution in [0.25, 0.3) is 11.0 Å². The molecule has 0 saturated heterocycles. The monoisotopic (exact) mass is 286 g/mol. The third-order valence-electron chi connectivity index (χ3n) is 3.32. The predicted octanol–water partition coefficient (Wildman–Crippen LogP) is 3.29. The van der Waals surface area contributed by atoms with E-state index in [4.69, 9.17) is 11.6 Å². The molecule has 0 bridgehead atoms. The lowest BCUT2D eigenvalue weighted by molar-refractivity contribution is 0.155. The second-order valence-corrected chi connectivity index (χ2v) is 5.31. The van der Waals surface area contributed by atoms with Gasteiger partial charge in [-0.2, -0.15) is 0 Å². The van der Waals surface area contributed by atoms with Gasteiger partial charge in [0.2, 0.25) is 0 Å². The van der Waals surface area contributed by atoms with Crippen LogP contribution in [0.2, 0.25) is 5.02 Å². The third-order valence-corrected chi connectivity index (χ3v) is 3.57. The molecule has 0 radical (unpaired) electrons. The SMILES string of the molecule is OC(Cc1ccc(Cl)cc1)Cn1cnc2ccccc21. The van der Waals surface area contributed by atoms with E-state index in [1.165, 1.54) is 0 Å². The average molecular weight is 287 g/mol. The number of para-hydroxylation sites is 2. The molecular weight excluding hydrogens is 272 g/mol. The molecule has 0 aliphatic heterocycles. The Balaban J connectivity index is 1.72. The number of aliphatic hydroxyl groups excluding tert-OH is 1. The molecule has 1 N–H and O–H groups in total. The highest BCUT2D eigenvalue weighted by atomic mass is 35.5. The van der Waals surface area contributed by atoms with Crippen LogP contribution in [0.4, 0.5) is 0 Å². The molecule has 3 nitrogen and oxygen atoms in total. The quantitative estimate of drug-likeness (QED) is 0.799. The molecule has 20 heavy (non-hydrogen) atoms. The summed E-state index contributed by atoms with van der Waals surface area (Å²) >= 11 is 5.85. The lowest BCUT2D eigenvalue weighted by Gasteiger charge is -2.12. The van der Waals surface area contributed by atoms with Gasteiger partial charge < -0.3 is 9.67 Å². The third kappa shape index (κ3) is 2.84. The standard InChI is InChI=1S/C16H15ClN2O/c17-13-7-5-12(6-8-13)9-14(20)10-19-11-18-15-3-1-2-4-16(15)19/h1-8,11,14,20H,9-10H2. The van der Waals surface area contributed by atoms with E-state index in [1.807, 2.05) is 53.1 Å². The summed E-state index contributed by atoms with van der Waals surface area (Å²) in [6.45, 7) is 0.531. The molecule has 3 rings (SSSR count). The Kier molecular flexibility index (Phi) is 3.72. The van der Waals surface area contributed by atoms with Gasteiger partial charge in [-0.3, -0.25) is 0 Å². The number of halogens is 1. The fourth-order valence-corrected chi connectivity index (χ4v) is 2.47. The van der Waals surface area contributed by atoms with Crippen molar-refractivity contribution in [3.63, 3.8) is 0 Å². The number of rotatable bonds is 4. The molecule has 1 unspecified atom stereocenters. The summed E-state index contributed by atoms with van der Waals surface area (Å²) in [5, 5.41) is 10.9. The second-order valence-electron chi connectivity index (χ2n) is 4.87. The van der Waals surface area contributed by atoms with Crippen molar-refractivity contribution in [1.82, 2.24) is 9.55 Å². The molecule has 0 aliphatic rings. The van der Waals surface area contributed by atoms with E-state index in [-0.39, 0.29) is 0 Å². The van der Waals surface area contributed by atoms with Crippen molar-refractivity contribution >= 4 is 22.6 Å². The van der Waals surface area contributed by atoms with Crippen LogP contribution in [0.3, 0.4) is 0 Å². The molecule has 0 aliphatic carbocycles. The molecule has 1 heterocycles. The summed E-state index contributed by atoms with van der Waals surface area (Å²) in [4.78, 5) is 4.32. The van der Waals surface area contributed by atoms with Crippen LogP contribution in [-0.2, 0) is 13.0 Å². The van der Waals surface area contributed by atoms with Crippen molar-refractivity contribution < 1.29 is 5.11 Å². The van der Waals surface area contributed by atoms with E-state index in [0.717, 1.165) is 16.6 Å². The van der Waals surface area contributed by atoms with Gasteiger partial charge in [0.15, 0.2) is 0 Å². The normalized spacial score (nSPS) is 12.7. The summed E-state index contributed by atoms with van der Waals surface area (Å²) in [5.41, 5.74) is 3.07. The summed E-state index contributed by atoms with van der Waals surface area (Å²) in [7, 11) is 0. The smallest absolute Gasteiger partial charge is 0.0959 e. The summed E-state index contributed by atoms with van der Waals surface area (Å²) in [5.74, 6) is 0. The van der Waals surface area contributed by atoms with Crippen LogP contribution in [0.1, 0.15) is 5.56 Å². The molecule has 1 atom stereocenters. The minimum atomic E-state index is -0.450. The molecule has 4 heteroatoms. The maximum Gasteiger partial charge on any atom is 0.0959 e. The molecular formula is C16H15ClN2O. The highest BCUT2D eigenvalue weighted by molar-refractivity contribution is 6.30. The first-order valence-corrected chi connectivity index (χ1v) is 6.92. The van der Waals surface area contributed by atoms with Gasteiger partial charge in [0, 0.05) is 11.4 Å². The summed E-state index contributed by atoms with van der Waals surface area (Å²) in [6, 6.07) is 15.5. The largest absolute Gasteiger partial charge is 0.391 e. The molecule has 102 valence electrons. The van der Waals surface area contributed by atoms with Crippen molar-refractivity contribution in [2.24, 2.45) is 0 Å². The van der Waals surface area contributed by atoms with Gasteiger partial charge in [-0.05, 0) is 29.8 Å². The molecule has 0 spiro atoms. The highest BCUT2D eigenvalue weighted by Gasteiger charge is 2.09. The molecule has 1 aromatic heterocycles. The Labute approximate surface area is 122 Å². The molecule has 3 aromatic rings. The van der Waals surface area contributed by atoms with Crippen LogP contribution in [0, 0.1) is 0 Å². The number of hydrogen-bond donors (Lipinski definition) is 1. The fraction of sp³-hybridized carbons (Fsp3) is 0.188. The number of imidazole rings is 1. The number of aromatic nitrogens is 2. The summed E-state index contributed by atoms with van der Waals surface area (Å²) < 4.78 is 1.98. The number of aliphatic hydroxyl groups is 1. The number of hydrogen-bond acceptors (Lipinski definition) is 2. The van der Waals surface area contributed by atoms with Gasteiger partial charge in [0.1, 0.15) is 0 Å². The van der Waals surface area contributed by atoms with Gasteiger partial charge in [-0.25, -0.2) is 4.98 Å². The van der Waals surface area contributed by atoms with E-state index in [2.05, 4.69) is 4.98 Å². The van der Waals surface area contributed by atoms with E-state index in [9.17, 15) is 5.11 Å². The summed E-state index contributed by atoms with van der Waals surface area (Å²) in [6.07, 6.45) is 1.92. The van der Waals surface area contributed by atoms with Crippen LogP contribution in [0.15, 0.2) is 54.9 Å². The zero-order chi connectivity index (χ0) is 13.9. The Hall–Kier alpha value is -1.84. The molecule has 2 aromatic carbocycles. The van der Waals surface area contributed by atoms with E-state index < -0.39 is 6.10 Å². The van der Waals surface area contributed by atoms with Crippen LogP contribution in [0.5, 0.6) is 0 Å². The van der Waals surface area contributed by atoms with Crippen LogP contribution in [-0.4, -0.2) is 20.8 Å². The molecule has 0 amide bonds. The van der Waals surface area contributed by atoms with Crippen molar-refractivity contribution in [2.75, 3.05) is 0 Å². The number of benzene rings is 2. The van der Waals surface area contributed by atoms with Gasteiger partial charge in [-0.1, -0.05) is 35.9 Å².